The Morgan fingerprint density at radius 3 is 2.52 bits per heavy atom. The van der Waals surface area contributed by atoms with Crippen LogP contribution in [-0.2, 0) is 6.42 Å². The van der Waals surface area contributed by atoms with Crippen molar-refractivity contribution < 1.29 is 0 Å². The third-order valence-corrected chi connectivity index (χ3v) is 4.41. The average Bonchev–Trinajstić information content (AvgIpc) is 2.98. The van der Waals surface area contributed by atoms with Gasteiger partial charge in [0.05, 0.1) is 6.04 Å². The lowest BCUT2D eigenvalue weighted by molar-refractivity contribution is 0.551. The summed E-state index contributed by atoms with van der Waals surface area (Å²) in [6.07, 6.45) is 2.53. The Morgan fingerprint density at radius 2 is 1.95 bits per heavy atom. The van der Waals surface area contributed by atoms with Crippen LogP contribution in [0.4, 0.5) is 11.6 Å². The van der Waals surface area contributed by atoms with Crippen LogP contribution >= 0.6 is 11.3 Å². The molecule has 0 bridgehead atoms. The summed E-state index contributed by atoms with van der Waals surface area (Å²) in [6, 6.07) is 4.56. The normalized spacial score (nSPS) is 12.4. The zero-order valence-corrected chi connectivity index (χ0v) is 14.0. The second-order valence-corrected chi connectivity index (χ2v) is 6.29. The summed E-state index contributed by atoms with van der Waals surface area (Å²) >= 11 is 1.78. The van der Waals surface area contributed by atoms with Crippen molar-refractivity contribution in [2.45, 2.75) is 40.2 Å². The number of nitrogens with zero attached hydrogens (tertiary/aromatic N) is 2. The molecule has 0 aliphatic heterocycles. The first-order chi connectivity index (χ1) is 10.2. The second kappa shape index (κ2) is 7.41. The van der Waals surface area contributed by atoms with Crippen LogP contribution in [0.3, 0.4) is 0 Å². The maximum atomic E-state index is 4.47. The molecule has 0 fully saturated rings. The molecule has 1 atom stereocenters. The minimum Gasteiger partial charge on any atom is -0.370 e. The molecule has 114 valence electrons. The third kappa shape index (κ3) is 3.73. The summed E-state index contributed by atoms with van der Waals surface area (Å²) in [7, 11) is 0. The number of aromatic nitrogens is 2. The Labute approximate surface area is 131 Å². The Hall–Kier alpha value is -1.62. The summed E-state index contributed by atoms with van der Waals surface area (Å²) in [5.74, 6) is 2.37. The van der Waals surface area contributed by atoms with E-state index >= 15 is 0 Å². The van der Waals surface area contributed by atoms with Gasteiger partial charge in [-0.3, -0.25) is 0 Å². The SMILES string of the molecule is CCNc1ncnc(NC(c2cccs2)C(C)C)c1CC. The molecule has 0 aliphatic rings. The third-order valence-electron chi connectivity index (χ3n) is 3.45. The Morgan fingerprint density at radius 1 is 1.19 bits per heavy atom. The lowest BCUT2D eigenvalue weighted by Crippen LogP contribution is -2.18. The summed E-state index contributed by atoms with van der Waals surface area (Å²) in [5, 5.41) is 9.06. The highest BCUT2D eigenvalue weighted by molar-refractivity contribution is 7.10. The zero-order valence-electron chi connectivity index (χ0n) is 13.2. The van der Waals surface area contributed by atoms with E-state index in [1.165, 1.54) is 4.88 Å². The van der Waals surface area contributed by atoms with Crippen LogP contribution in [0, 0.1) is 5.92 Å². The monoisotopic (exact) mass is 304 g/mol. The largest absolute Gasteiger partial charge is 0.370 e. The van der Waals surface area contributed by atoms with Crippen molar-refractivity contribution in [3.05, 3.63) is 34.3 Å². The van der Waals surface area contributed by atoms with E-state index in [4.69, 9.17) is 0 Å². The molecular weight excluding hydrogens is 280 g/mol. The van der Waals surface area contributed by atoms with Crippen molar-refractivity contribution in [3.8, 4) is 0 Å². The minimum absolute atomic E-state index is 0.277. The molecule has 0 aromatic carbocycles. The zero-order chi connectivity index (χ0) is 15.2. The molecule has 1 unspecified atom stereocenters. The number of thiophene rings is 1. The molecule has 0 saturated heterocycles. The van der Waals surface area contributed by atoms with Gasteiger partial charge in [-0.15, -0.1) is 11.3 Å². The molecular formula is C16H24N4S. The van der Waals surface area contributed by atoms with Crippen molar-refractivity contribution in [1.82, 2.24) is 9.97 Å². The highest BCUT2D eigenvalue weighted by Crippen LogP contribution is 2.31. The average molecular weight is 304 g/mol. The second-order valence-electron chi connectivity index (χ2n) is 5.31. The summed E-state index contributed by atoms with van der Waals surface area (Å²) in [5.41, 5.74) is 1.15. The van der Waals surface area contributed by atoms with Gasteiger partial charge in [0.15, 0.2) is 0 Å². The van der Waals surface area contributed by atoms with E-state index in [-0.39, 0.29) is 6.04 Å². The molecule has 4 nitrogen and oxygen atoms in total. The Balaban J connectivity index is 2.30. The number of hydrogen-bond acceptors (Lipinski definition) is 5. The maximum Gasteiger partial charge on any atom is 0.135 e. The van der Waals surface area contributed by atoms with Gasteiger partial charge in [0.25, 0.3) is 0 Å². The van der Waals surface area contributed by atoms with Crippen LogP contribution in [0.15, 0.2) is 23.8 Å². The highest BCUT2D eigenvalue weighted by atomic mass is 32.1. The van der Waals surface area contributed by atoms with Crippen molar-refractivity contribution in [2.24, 2.45) is 5.92 Å². The number of anilines is 2. The lowest BCUT2D eigenvalue weighted by Gasteiger charge is -2.23. The quantitative estimate of drug-likeness (QED) is 0.799. The molecule has 21 heavy (non-hydrogen) atoms. The summed E-state index contributed by atoms with van der Waals surface area (Å²) in [4.78, 5) is 10.2. The standard InChI is InChI=1S/C16H24N4S/c1-5-12-15(17-6-2)18-10-19-16(12)20-14(11(3)4)13-8-7-9-21-13/h7-11,14H,5-6H2,1-4H3,(H2,17,18,19,20). The van der Waals surface area contributed by atoms with Gasteiger partial charge in [0.2, 0.25) is 0 Å². The van der Waals surface area contributed by atoms with Crippen LogP contribution in [0.2, 0.25) is 0 Å². The minimum atomic E-state index is 0.277. The number of rotatable bonds is 7. The fourth-order valence-electron chi connectivity index (χ4n) is 2.37. The Bertz CT molecular complexity index is 551. The van der Waals surface area contributed by atoms with Gasteiger partial charge < -0.3 is 10.6 Å². The van der Waals surface area contributed by atoms with Crippen molar-refractivity contribution in [1.29, 1.82) is 0 Å². The van der Waals surface area contributed by atoms with Gasteiger partial charge in [-0.25, -0.2) is 9.97 Å². The first-order valence-corrected chi connectivity index (χ1v) is 8.43. The molecule has 0 saturated carbocycles. The lowest BCUT2D eigenvalue weighted by atomic mass is 10.0. The van der Waals surface area contributed by atoms with Crippen molar-refractivity contribution in [2.75, 3.05) is 17.2 Å². The van der Waals surface area contributed by atoms with E-state index in [2.05, 4.69) is 65.8 Å². The first-order valence-electron chi connectivity index (χ1n) is 7.55. The van der Waals surface area contributed by atoms with Gasteiger partial charge in [0, 0.05) is 17.0 Å². The van der Waals surface area contributed by atoms with E-state index in [9.17, 15) is 0 Å². The number of hydrogen-bond donors (Lipinski definition) is 2. The van der Waals surface area contributed by atoms with Crippen molar-refractivity contribution >= 4 is 23.0 Å². The molecule has 2 rings (SSSR count). The fraction of sp³-hybridized carbons (Fsp3) is 0.500. The number of nitrogens with one attached hydrogen (secondary N) is 2. The van der Waals surface area contributed by atoms with Gasteiger partial charge >= 0.3 is 0 Å². The van der Waals surface area contributed by atoms with Gasteiger partial charge in [0.1, 0.15) is 18.0 Å². The smallest absolute Gasteiger partial charge is 0.135 e. The molecule has 2 aromatic rings. The van der Waals surface area contributed by atoms with Crippen LogP contribution in [-0.4, -0.2) is 16.5 Å². The maximum absolute atomic E-state index is 4.47. The Kier molecular flexibility index (Phi) is 5.56. The van der Waals surface area contributed by atoms with Crippen LogP contribution in [0.25, 0.3) is 0 Å². The molecule has 2 heterocycles. The van der Waals surface area contributed by atoms with E-state index < -0.39 is 0 Å². The van der Waals surface area contributed by atoms with E-state index in [0.29, 0.717) is 5.92 Å². The van der Waals surface area contributed by atoms with E-state index in [0.717, 1.165) is 30.2 Å². The molecule has 2 aromatic heterocycles. The van der Waals surface area contributed by atoms with E-state index in [1.54, 1.807) is 17.7 Å². The fourth-order valence-corrected chi connectivity index (χ4v) is 3.32. The molecule has 0 radical (unpaired) electrons. The van der Waals surface area contributed by atoms with Crippen molar-refractivity contribution in [3.63, 3.8) is 0 Å². The van der Waals surface area contributed by atoms with Gasteiger partial charge in [-0.05, 0) is 30.7 Å². The van der Waals surface area contributed by atoms with Crippen LogP contribution < -0.4 is 10.6 Å². The predicted molar refractivity (Wildman–Crippen MR) is 91.1 cm³/mol. The van der Waals surface area contributed by atoms with Crippen LogP contribution in [0.5, 0.6) is 0 Å². The summed E-state index contributed by atoms with van der Waals surface area (Å²) < 4.78 is 0. The predicted octanol–water partition coefficient (Wildman–Crippen LogP) is 4.34. The molecule has 0 amide bonds. The van der Waals surface area contributed by atoms with Gasteiger partial charge in [-0.2, -0.15) is 0 Å². The van der Waals surface area contributed by atoms with Gasteiger partial charge in [-0.1, -0.05) is 26.8 Å². The summed E-state index contributed by atoms with van der Waals surface area (Å²) in [6.45, 7) is 9.55. The first kappa shape index (κ1) is 15.8. The molecule has 0 spiro atoms. The molecule has 5 heteroatoms. The topological polar surface area (TPSA) is 49.8 Å². The van der Waals surface area contributed by atoms with Crippen LogP contribution in [0.1, 0.15) is 44.2 Å². The molecule has 2 N–H and O–H groups in total. The molecule has 0 aliphatic carbocycles. The van der Waals surface area contributed by atoms with E-state index in [1.807, 2.05) is 0 Å². The highest BCUT2D eigenvalue weighted by Gasteiger charge is 2.19.